The average Bonchev–Trinajstić information content (AvgIpc) is 2.27. The van der Waals surface area contributed by atoms with Crippen molar-refractivity contribution in [2.24, 2.45) is 0 Å². The average molecular weight is 243 g/mol. The minimum atomic E-state index is -0.692. The molecule has 4 heteroatoms. The summed E-state index contributed by atoms with van der Waals surface area (Å²) >= 11 is 0. The van der Waals surface area contributed by atoms with Crippen molar-refractivity contribution in [2.75, 3.05) is 6.54 Å². The van der Waals surface area contributed by atoms with Gasteiger partial charge in [-0.15, -0.1) is 0 Å². The van der Waals surface area contributed by atoms with Crippen molar-refractivity contribution >= 4 is 6.09 Å². The summed E-state index contributed by atoms with van der Waals surface area (Å²) in [6, 6.07) is 0. The SMILES string of the molecule is CC(C)(C)OC(=O)N1CCCCCCCC1O. The molecule has 0 aliphatic carbocycles. The first-order valence-corrected chi connectivity index (χ1v) is 6.58. The van der Waals surface area contributed by atoms with Crippen LogP contribution in [0.2, 0.25) is 0 Å². The number of aliphatic hydroxyl groups excluding tert-OH is 1. The molecular formula is C13H25NO3. The summed E-state index contributed by atoms with van der Waals surface area (Å²) in [6.07, 6.45) is 4.92. The summed E-state index contributed by atoms with van der Waals surface area (Å²) in [6.45, 7) is 6.12. The normalized spacial score (nSPS) is 23.5. The summed E-state index contributed by atoms with van der Waals surface area (Å²) in [7, 11) is 0. The van der Waals surface area contributed by atoms with Crippen molar-refractivity contribution < 1.29 is 14.6 Å². The van der Waals surface area contributed by atoms with E-state index >= 15 is 0 Å². The van der Waals surface area contributed by atoms with Crippen LogP contribution in [-0.4, -0.2) is 34.5 Å². The van der Waals surface area contributed by atoms with E-state index in [2.05, 4.69) is 0 Å². The molecule has 1 fully saturated rings. The highest BCUT2D eigenvalue weighted by Gasteiger charge is 2.26. The Kier molecular flexibility index (Phi) is 5.25. The molecule has 1 aliphatic heterocycles. The van der Waals surface area contributed by atoms with E-state index in [0.717, 1.165) is 25.7 Å². The fourth-order valence-corrected chi connectivity index (χ4v) is 1.98. The molecular weight excluding hydrogens is 218 g/mol. The molecule has 1 unspecified atom stereocenters. The third kappa shape index (κ3) is 5.39. The third-order valence-electron chi connectivity index (χ3n) is 2.85. The van der Waals surface area contributed by atoms with Crippen LogP contribution >= 0.6 is 0 Å². The summed E-state index contributed by atoms with van der Waals surface area (Å²) in [4.78, 5) is 13.4. The Balaban J connectivity index is 2.59. The van der Waals surface area contributed by atoms with Gasteiger partial charge in [-0.25, -0.2) is 4.79 Å². The van der Waals surface area contributed by atoms with Crippen molar-refractivity contribution in [1.82, 2.24) is 4.90 Å². The van der Waals surface area contributed by atoms with Crippen LogP contribution in [0.25, 0.3) is 0 Å². The number of hydrogen-bond donors (Lipinski definition) is 1. The van der Waals surface area contributed by atoms with Gasteiger partial charge in [0.05, 0.1) is 0 Å². The zero-order valence-electron chi connectivity index (χ0n) is 11.2. The maximum Gasteiger partial charge on any atom is 0.412 e. The Morgan fingerprint density at radius 2 is 1.76 bits per heavy atom. The summed E-state index contributed by atoms with van der Waals surface area (Å²) in [5, 5.41) is 9.99. The zero-order valence-corrected chi connectivity index (χ0v) is 11.2. The van der Waals surface area contributed by atoms with E-state index in [1.165, 1.54) is 11.3 Å². The van der Waals surface area contributed by atoms with E-state index in [4.69, 9.17) is 4.74 Å². The van der Waals surface area contributed by atoms with Gasteiger partial charge in [-0.3, -0.25) is 4.90 Å². The van der Waals surface area contributed by atoms with Crippen molar-refractivity contribution in [3.63, 3.8) is 0 Å². The highest BCUT2D eigenvalue weighted by Crippen LogP contribution is 2.18. The number of amides is 1. The molecule has 100 valence electrons. The lowest BCUT2D eigenvalue weighted by atomic mass is 10.1. The number of hydrogen-bond acceptors (Lipinski definition) is 3. The highest BCUT2D eigenvalue weighted by molar-refractivity contribution is 5.68. The van der Waals surface area contributed by atoms with Crippen molar-refractivity contribution in [1.29, 1.82) is 0 Å². The topological polar surface area (TPSA) is 49.8 Å². The Labute approximate surface area is 104 Å². The Morgan fingerprint density at radius 3 is 2.41 bits per heavy atom. The van der Waals surface area contributed by atoms with Gasteiger partial charge in [-0.1, -0.05) is 19.3 Å². The van der Waals surface area contributed by atoms with Crippen molar-refractivity contribution in [3.8, 4) is 0 Å². The van der Waals surface area contributed by atoms with Crippen LogP contribution in [0.4, 0.5) is 4.79 Å². The first-order chi connectivity index (χ1) is 7.90. The van der Waals surface area contributed by atoms with Crippen LogP contribution in [0.3, 0.4) is 0 Å². The fourth-order valence-electron chi connectivity index (χ4n) is 1.98. The predicted molar refractivity (Wildman–Crippen MR) is 66.6 cm³/mol. The number of rotatable bonds is 0. The molecule has 4 nitrogen and oxygen atoms in total. The van der Waals surface area contributed by atoms with Crippen LogP contribution in [0.15, 0.2) is 0 Å². The van der Waals surface area contributed by atoms with E-state index < -0.39 is 17.9 Å². The maximum atomic E-state index is 11.9. The maximum absolute atomic E-state index is 11.9. The quantitative estimate of drug-likeness (QED) is 0.711. The van der Waals surface area contributed by atoms with Gasteiger partial charge in [0, 0.05) is 6.54 Å². The van der Waals surface area contributed by atoms with Gasteiger partial charge in [0.2, 0.25) is 0 Å². The minimum absolute atomic E-state index is 0.396. The minimum Gasteiger partial charge on any atom is -0.444 e. The summed E-state index contributed by atoms with van der Waals surface area (Å²) < 4.78 is 5.31. The van der Waals surface area contributed by atoms with Crippen LogP contribution < -0.4 is 0 Å². The summed E-state index contributed by atoms with van der Waals surface area (Å²) in [5.74, 6) is 0. The molecule has 0 aromatic rings. The second kappa shape index (κ2) is 6.24. The van der Waals surface area contributed by atoms with Gasteiger partial charge >= 0.3 is 6.09 Å². The molecule has 1 aliphatic rings. The van der Waals surface area contributed by atoms with Gasteiger partial charge in [0.25, 0.3) is 0 Å². The van der Waals surface area contributed by atoms with Crippen LogP contribution in [0.5, 0.6) is 0 Å². The molecule has 0 spiro atoms. The van der Waals surface area contributed by atoms with Crippen LogP contribution in [0, 0.1) is 0 Å². The Morgan fingerprint density at radius 1 is 1.18 bits per heavy atom. The molecule has 1 atom stereocenters. The number of carbonyl (C=O) groups excluding carboxylic acids is 1. The molecule has 0 bridgehead atoms. The van der Waals surface area contributed by atoms with Crippen LogP contribution in [-0.2, 0) is 4.74 Å². The van der Waals surface area contributed by atoms with Crippen LogP contribution in [0.1, 0.15) is 59.3 Å². The molecule has 1 saturated heterocycles. The van der Waals surface area contributed by atoms with E-state index in [1.54, 1.807) is 0 Å². The number of nitrogens with zero attached hydrogens (tertiary/aromatic N) is 1. The molecule has 17 heavy (non-hydrogen) atoms. The first-order valence-electron chi connectivity index (χ1n) is 6.58. The van der Waals surface area contributed by atoms with Crippen molar-refractivity contribution in [2.45, 2.75) is 71.1 Å². The molecule has 0 saturated carbocycles. The van der Waals surface area contributed by atoms with E-state index in [1.807, 2.05) is 20.8 Å². The standard InChI is InChI=1S/C13H25NO3/c1-13(2,3)17-12(16)14-10-8-6-4-5-7-9-11(14)15/h11,15H,4-10H2,1-3H3. The van der Waals surface area contributed by atoms with Gasteiger partial charge in [-0.05, 0) is 40.0 Å². The lowest BCUT2D eigenvalue weighted by molar-refractivity contribution is -0.0332. The number of carbonyl (C=O) groups is 1. The highest BCUT2D eigenvalue weighted by atomic mass is 16.6. The second-order valence-corrected chi connectivity index (χ2v) is 5.71. The Hall–Kier alpha value is -0.770. The smallest absolute Gasteiger partial charge is 0.412 e. The van der Waals surface area contributed by atoms with E-state index in [0.29, 0.717) is 13.0 Å². The van der Waals surface area contributed by atoms with Gasteiger partial charge < -0.3 is 9.84 Å². The molecule has 1 heterocycles. The van der Waals surface area contributed by atoms with Gasteiger partial charge in [0.15, 0.2) is 0 Å². The fraction of sp³-hybridized carbons (Fsp3) is 0.923. The number of ether oxygens (including phenoxy) is 1. The monoisotopic (exact) mass is 243 g/mol. The van der Waals surface area contributed by atoms with E-state index in [-0.39, 0.29) is 0 Å². The molecule has 0 aromatic carbocycles. The third-order valence-corrected chi connectivity index (χ3v) is 2.85. The number of aliphatic hydroxyl groups is 1. The van der Waals surface area contributed by atoms with E-state index in [9.17, 15) is 9.90 Å². The molecule has 1 rings (SSSR count). The lowest BCUT2D eigenvalue weighted by Gasteiger charge is -2.30. The van der Waals surface area contributed by atoms with Gasteiger partial charge in [-0.2, -0.15) is 0 Å². The molecule has 1 N–H and O–H groups in total. The molecule has 0 radical (unpaired) electrons. The second-order valence-electron chi connectivity index (χ2n) is 5.71. The predicted octanol–water partition coefficient (Wildman–Crippen LogP) is 2.90. The zero-order chi connectivity index (χ0) is 12.9. The molecule has 1 amide bonds. The Bertz CT molecular complexity index is 248. The summed E-state index contributed by atoms with van der Waals surface area (Å²) in [5.41, 5.74) is -0.505. The lowest BCUT2D eigenvalue weighted by Crippen LogP contribution is -2.43. The van der Waals surface area contributed by atoms with Gasteiger partial charge in [0.1, 0.15) is 11.8 Å². The largest absolute Gasteiger partial charge is 0.444 e. The first kappa shape index (κ1) is 14.3. The van der Waals surface area contributed by atoms with Crippen molar-refractivity contribution in [3.05, 3.63) is 0 Å². The molecule has 0 aromatic heterocycles.